The van der Waals surface area contributed by atoms with Crippen molar-refractivity contribution in [2.75, 3.05) is 5.01 Å². The zero-order chi connectivity index (χ0) is 23.0. The first-order valence-corrected chi connectivity index (χ1v) is 11.5. The predicted molar refractivity (Wildman–Crippen MR) is 136 cm³/mol. The highest BCUT2D eigenvalue weighted by Crippen LogP contribution is 2.51. The first-order chi connectivity index (χ1) is 15.8. The Labute approximate surface area is 194 Å². The third-order valence-corrected chi connectivity index (χ3v) is 7.70. The van der Waals surface area contributed by atoms with Crippen LogP contribution in [0.2, 0.25) is 0 Å². The summed E-state index contributed by atoms with van der Waals surface area (Å²) >= 11 is 0. The lowest BCUT2D eigenvalue weighted by Gasteiger charge is -2.25. The molecule has 162 valence electrons. The number of benzene rings is 4. The van der Waals surface area contributed by atoms with Gasteiger partial charge in [0.2, 0.25) is 0 Å². The van der Waals surface area contributed by atoms with E-state index in [9.17, 15) is 4.91 Å². The second-order valence-corrected chi connectivity index (χ2v) is 10.2. The van der Waals surface area contributed by atoms with Gasteiger partial charge >= 0.3 is 0 Å². The largest absolute Gasteiger partial charge is 0.197 e. The lowest BCUT2D eigenvalue weighted by atomic mass is 9.82. The summed E-state index contributed by atoms with van der Waals surface area (Å²) in [5.74, 6) is 0. The fourth-order valence-corrected chi connectivity index (χ4v) is 5.89. The molecule has 0 N–H and O–H groups in total. The van der Waals surface area contributed by atoms with Crippen molar-refractivity contribution in [3.05, 3.63) is 112 Å². The summed E-state index contributed by atoms with van der Waals surface area (Å²) in [5.41, 5.74) is 11.4. The molecular weight excluding hydrogens is 404 g/mol. The monoisotopic (exact) mass is 430 g/mol. The molecule has 0 aromatic heterocycles. The first kappa shape index (κ1) is 19.9. The molecule has 0 unspecified atom stereocenters. The number of nitrogens with zero attached hydrogens (tertiary/aromatic N) is 2. The molecule has 4 aromatic rings. The molecule has 0 saturated carbocycles. The summed E-state index contributed by atoms with van der Waals surface area (Å²) in [6, 6.07) is 29.6. The molecule has 0 amide bonds. The minimum absolute atomic E-state index is 0.127. The fraction of sp³-hybridized carbons (Fsp3) is 0.200. The van der Waals surface area contributed by atoms with Gasteiger partial charge in [0.25, 0.3) is 0 Å². The molecule has 0 fully saturated rings. The summed E-state index contributed by atoms with van der Waals surface area (Å²) < 4.78 is 0. The smallest absolute Gasteiger partial charge is 0.0688 e. The van der Waals surface area contributed by atoms with E-state index in [0.717, 1.165) is 11.4 Å². The Balaban J connectivity index is 1.46. The zero-order valence-corrected chi connectivity index (χ0v) is 19.4. The maximum absolute atomic E-state index is 12.1. The molecule has 0 heterocycles. The molecule has 0 saturated heterocycles. The SMILES string of the molecule is CC1(C)c2ccccc2-c2ccc(N(N=O)c3ccc4c(c3)C(C)(C)c3ccccc3-4)cc21. The van der Waals surface area contributed by atoms with Gasteiger partial charge in [-0.2, -0.15) is 5.01 Å². The standard InChI is InChI=1S/C30H26N2O/c1-29(2)25-11-7-5-9-21(25)23-15-13-19(17-27(23)29)32(31-33)20-14-16-24-22-10-6-8-12-26(22)30(3,4)28(24)18-20/h5-18H,1-4H3. The molecule has 4 aromatic carbocycles. The van der Waals surface area contributed by atoms with Crippen molar-refractivity contribution in [2.45, 2.75) is 38.5 Å². The summed E-state index contributed by atoms with van der Waals surface area (Å²) in [5, 5.41) is 4.98. The van der Waals surface area contributed by atoms with Crippen LogP contribution in [0.3, 0.4) is 0 Å². The van der Waals surface area contributed by atoms with Crippen molar-refractivity contribution >= 4 is 11.4 Å². The molecule has 0 bridgehead atoms. The first-order valence-electron chi connectivity index (χ1n) is 11.5. The van der Waals surface area contributed by atoms with Crippen LogP contribution in [0, 0.1) is 4.91 Å². The highest BCUT2D eigenvalue weighted by Gasteiger charge is 2.37. The van der Waals surface area contributed by atoms with Gasteiger partial charge < -0.3 is 0 Å². The Morgan fingerprint density at radius 3 is 1.36 bits per heavy atom. The topological polar surface area (TPSA) is 32.7 Å². The Morgan fingerprint density at radius 1 is 0.545 bits per heavy atom. The number of rotatable bonds is 3. The van der Waals surface area contributed by atoms with Gasteiger partial charge in [-0.15, -0.1) is 4.91 Å². The van der Waals surface area contributed by atoms with Gasteiger partial charge in [0.05, 0.1) is 16.7 Å². The Bertz CT molecular complexity index is 1340. The van der Waals surface area contributed by atoms with Crippen LogP contribution in [0.4, 0.5) is 11.4 Å². The van der Waals surface area contributed by atoms with Crippen LogP contribution in [0.15, 0.2) is 90.2 Å². The Morgan fingerprint density at radius 2 is 0.939 bits per heavy atom. The van der Waals surface area contributed by atoms with Crippen LogP contribution >= 0.6 is 0 Å². The van der Waals surface area contributed by atoms with Crippen LogP contribution < -0.4 is 5.01 Å². The van der Waals surface area contributed by atoms with E-state index in [-0.39, 0.29) is 10.8 Å². The zero-order valence-electron chi connectivity index (χ0n) is 19.4. The minimum atomic E-state index is -0.127. The fourth-order valence-electron chi connectivity index (χ4n) is 5.89. The Kier molecular flexibility index (Phi) is 4.01. The average molecular weight is 431 g/mol. The third-order valence-electron chi connectivity index (χ3n) is 7.70. The quantitative estimate of drug-likeness (QED) is 0.243. The summed E-state index contributed by atoms with van der Waals surface area (Å²) in [7, 11) is 0. The molecule has 6 rings (SSSR count). The van der Waals surface area contributed by atoms with E-state index in [2.05, 4.69) is 106 Å². The molecule has 33 heavy (non-hydrogen) atoms. The van der Waals surface area contributed by atoms with Gasteiger partial charge in [0.15, 0.2) is 0 Å². The average Bonchev–Trinajstić information content (AvgIpc) is 3.20. The third kappa shape index (κ3) is 2.62. The number of nitroso groups, excluding NO2 is 1. The molecule has 0 aliphatic heterocycles. The highest BCUT2D eigenvalue weighted by molar-refractivity contribution is 5.85. The highest BCUT2D eigenvalue weighted by atomic mass is 16.3. The predicted octanol–water partition coefficient (Wildman–Crippen LogP) is 8.12. The van der Waals surface area contributed by atoms with Crippen molar-refractivity contribution in [1.29, 1.82) is 0 Å². The maximum atomic E-state index is 12.1. The number of fused-ring (bicyclic) bond motifs is 6. The van der Waals surface area contributed by atoms with E-state index < -0.39 is 0 Å². The van der Waals surface area contributed by atoms with Gasteiger partial charge in [0.1, 0.15) is 0 Å². The summed E-state index contributed by atoms with van der Waals surface area (Å²) in [6.45, 7) is 8.98. The molecular formula is C30H26N2O. The summed E-state index contributed by atoms with van der Waals surface area (Å²) in [6.07, 6.45) is 0. The number of hydrogen-bond acceptors (Lipinski definition) is 2. The summed E-state index contributed by atoms with van der Waals surface area (Å²) in [4.78, 5) is 12.1. The second kappa shape index (κ2) is 6.64. The molecule has 0 atom stereocenters. The maximum Gasteiger partial charge on any atom is 0.0688 e. The molecule has 0 radical (unpaired) electrons. The molecule has 2 aliphatic rings. The van der Waals surface area contributed by atoms with E-state index in [4.69, 9.17) is 0 Å². The van der Waals surface area contributed by atoms with E-state index in [1.165, 1.54) is 49.5 Å². The second-order valence-electron chi connectivity index (χ2n) is 10.2. The van der Waals surface area contributed by atoms with E-state index >= 15 is 0 Å². The number of hydrogen-bond donors (Lipinski definition) is 0. The van der Waals surface area contributed by atoms with Crippen LogP contribution in [-0.2, 0) is 10.8 Å². The molecule has 3 nitrogen and oxygen atoms in total. The van der Waals surface area contributed by atoms with Crippen LogP contribution in [0.1, 0.15) is 49.9 Å². The van der Waals surface area contributed by atoms with Gasteiger partial charge in [-0.05, 0) is 68.8 Å². The van der Waals surface area contributed by atoms with Crippen molar-refractivity contribution in [1.82, 2.24) is 0 Å². The van der Waals surface area contributed by atoms with Gasteiger partial charge in [-0.3, -0.25) is 0 Å². The molecule has 3 heteroatoms. The Hall–Kier alpha value is -3.72. The minimum Gasteiger partial charge on any atom is -0.197 e. The van der Waals surface area contributed by atoms with Crippen molar-refractivity contribution in [3.63, 3.8) is 0 Å². The van der Waals surface area contributed by atoms with Gasteiger partial charge in [-0.25, -0.2) is 0 Å². The van der Waals surface area contributed by atoms with E-state index in [1.54, 1.807) is 0 Å². The lowest BCUT2D eigenvalue weighted by molar-refractivity contribution is 0.659. The van der Waals surface area contributed by atoms with Crippen molar-refractivity contribution < 1.29 is 0 Å². The van der Waals surface area contributed by atoms with Gasteiger partial charge in [0, 0.05) is 10.8 Å². The molecule has 2 aliphatic carbocycles. The van der Waals surface area contributed by atoms with E-state index in [0.29, 0.717) is 0 Å². The molecule has 0 spiro atoms. The van der Waals surface area contributed by atoms with Crippen LogP contribution in [-0.4, -0.2) is 0 Å². The van der Waals surface area contributed by atoms with Crippen molar-refractivity contribution in [3.8, 4) is 22.3 Å². The lowest BCUT2D eigenvalue weighted by Crippen LogP contribution is -2.17. The van der Waals surface area contributed by atoms with Crippen molar-refractivity contribution in [2.24, 2.45) is 5.29 Å². The normalized spacial score (nSPS) is 15.9. The van der Waals surface area contributed by atoms with Crippen LogP contribution in [0.25, 0.3) is 22.3 Å². The van der Waals surface area contributed by atoms with Crippen LogP contribution in [0.5, 0.6) is 0 Å². The number of anilines is 2. The van der Waals surface area contributed by atoms with E-state index in [1.807, 2.05) is 12.1 Å². The van der Waals surface area contributed by atoms with Gasteiger partial charge in [-0.1, -0.05) is 88.4 Å².